The fourth-order valence-corrected chi connectivity index (χ4v) is 14.1. The van der Waals surface area contributed by atoms with Gasteiger partial charge in [-0.1, -0.05) is 118 Å². The number of methoxy groups -OCH3 is 2. The van der Waals surface area contributed by atoms with Gasteiger partial charge in [-0.05, 0) is 106 Å². The number of anilines is 1. The van der Waals surface area contributed by atoms with E-state index in [-0.39, 0.29) is 93.8 Å². The number of aliphatic hydroxyl groups excluding tert-OH is 3. The lowest BCUT2D eigenvalue weighted by molar-refractivity contribution is -0.219. The fourth-order valence-electron chi connectivity index (χ4n) is 14.1. The first-order valence-electron chi connectivity index (χ1n) is 37.4. The van der Waals surface area contributed by atoms with Gasteiger partial charge in [-0.15, -0.1) is 0 Å². The zero-order valence-electron chi connectivity index (χ0n) is 64.7. The van der Waals surface area contributed by atoms with Crippen LogP contribution in [0.4, 0.5) is 10.5 Å². The molecular formula is C76H119N13O18. The number of hydrogen-bond donors (Lipinski definition) is 12. The molecule has 31 nitrogen and oxygen atoms in total. The molecule has 107 heavy (non-hydrogen) atoms. The van der Waals surface area contributed by atoms with Gasteiger partial charge in [0.15, 0.2) is 6.10 Å². The van der Waals surface area contributed by atoms with Crippen LogP contribution in [-0.4, -0.2) is 259 Å². The van der Waals surface area contributed by atoms with Crippen molar-refractivity contribution in [2.45, 2.75) is 224 Å². The molecule has 2 fully saturated rings. The quantitative estimate of drug-likeness (QED) is 0.0328. The van der Waals surface area contributed by atoms with Crippen molar-refractivity contribution >= 4 is 76.7 Å². The highest BCUT2D eigenvalue weighted by molar-refractivity contribution is 6.12. The number of aliphatic hydroxyl groups is 3. The minimum absolute atomic E-state index is 0.0164. The van der Waals surface area contributed by atoms with Gasteiger partial charge in [0.1, 0.15) is 48.6 Å². The Morgan fingerprint density at radius 1 is 0.664 bits per heavy atom. The molecule has 13 amide bonds. The molecule has 0 aliphatic carbocycles. The van der Waals surface area contributed by atoms with Crippen LogP contribution >= 0.6 is 0 Å². The maximum Gasteiger partial charge on any atom is 0.312 e. The second kappa shape index (κ2) is 43.5. The van der Waals surface area contributed by atoms with Gasteiger partial charge >= 0.3 is 6.03 Å². The number of likely N-dealkylation sites (tertiary alicyclic amines) is 1. The SMILES string of the molecule is CCC(C)C(C(CC(=O)N1CCCC1C(OC)C(C)C(=O)N[C@@H](Cc1ccccc1)C(=O)NCCc1ccc(NC(=O)[C@H](CCCNC(N)=O)NC(=O)C(NC(=O)C2O[C@@H](CNC(=O)CCCCCN3C(=O)C=CC3=O)[C@H](O)[C@@H](O)[C@@H]2O)C(C)C)cc1)OC)N(C)C(=O)[C@@H](NC(=O)C(C(C)C)N(C)C)C(C)C. The summed E-state index contributed by atoms with van der Waals surface area (Å²) >= 11 is 0. The number of nitrogens with two attached hydrogens (primary N) is 1. The molecule has 596 valence electrons. The Kier molecular flexibility index (Phi) is 36.3. The number of nitrogens with zero attached hydrogens (tertiary/aromatic N) is 4. The number of primary amides is 1. The maximum atomic E-state index is 14.7. The largest absolute Gasteiger partial charge is 0.388 e. The zero-order valence-corrected chi connectivity index (χ0v) is 64.7. The molecule has 3 aliphatic rings. The van der Waals surface area contributed by atoms with Crippen LogP contribution in [0.15, 0.2) is 66.7 Å². The summed E-state index contributed by atoms with van der Waals surface area (Å²) in [4.78, 5) is 168. The van der Waals surface area contributed by atoms with E-state index in [0.717, 1.165) is 16.0 Å². The lowest BCUT2D eigenvalue weighted by Gasteiger charge is -2.41. The molecule has 3 aliphatic heterocycles. The molecule has 16 atom stereocenters. The van der Waals surface area contributed by atoms with E-state index in [2.05, 4.69) is 42.5 Å². The summed E-state index contributed by atoms with van der Waals surface area (Å²) in [6.45, 7) is 17.0. The molecule has 13 N–H and O–H groups in total. The van der Waals surface area contributed by atoms with Gasteiger partial charge < -0.3 is 87.6 Å². The molecule has 0 bridgehead atoms. The Morgan fingerprint density at radius 2 is 1.31 bits per heavy atom. The van der Waals surface area contributed by atoms with Gasteiger partial charge in [-0.3, -0.25) is 62.5 Å². The van der Waals surface area contributed by atoms with E-state index in [0.29, 0.717) is 57.2 Å². The number of unbranched alkanes of at least 4 members (excludes halogenated alkanes) is 2. The number of amides is 13. The van der Waals surface area contributed by atoms with E-state index in [4.69, 9.17) is 19.9 Å². The van der Waals surface area contributed by atoms with Crippen LogP contribution in [-0.2, 0) is 79.8 Å². The van der Waals surface area contributed by atoms with Crippen molar-refractivity contribution < 1.29 is 87.1 Å². The van der Waals surface area contributed by atoms with E-state index in [1.807, 2.05) is 90.9 Å². The average molecular weight is 1500 g/mol. The lowest BCUT2D eigenvalue weighted by Crippen LogP contribution is -2.65. The number of carbonyl (C=O) groups is 12. The summed E-state index contributed by atoms with van der Waals surface area (Å²) < 4.78 is 17.9. The van der Waals surface area contributed by atoms with E-state index >= 15 is 0 Å². The highest BCUT2D eigenvalue weighted by atomic mass is 16.5. The van der Waals surface area contributed by atoms with Crippen LogP contribution in [0.25, 0.3) is 0 Å². The monoisotopic (exact) mass is 1500 g/mol. The number of ether oxygens (including phenoxy) is 3. The van der Waals surface area contributed by atoms with E-state index in [1.165, 1.54) is 26.4 Å². The van der Waals surface area contributed by atoms with Crippen LogP contribution in [0.5, 0.6) is 0 Å². The Bertz CT molecular complexity index is 3300. The Balaban J connectivity index is 1.19. The van der Waals surface area contributed by atoms with Gasteiger partial charge in [-0.25, -0.2) is 4.79 Å². The predicted octanol–water partition coefficient (Wildman–Crippen LogP) is 1.18. The molecule has 5 rings (SSSR count). The van der Waals surface area contributed by atoms with Crippen LogP contribution in [0.1, 0.15) is 138 Å². The molecule has 31 heteroatoms. The van der Waals surface area contributed by atoms with Crippen molar-refractivity contribution in [3.63, 3.8) is 0 Å². The second-order valence-corrected chi connectivity index (χ2v) is 29.5. The molecule has 9 unspecified atom stereocenters. The fraction of sp³-hybridized carbons (Fsp3) is 0.658. The van der Waals surface area contributed by atoms with Crippen LogP contribution in [0.2, 0.25) is 0 Å². The first kappa shape index (κ1) is 89.2. The lowest BCUT2D eigenvalue weighted by atomic mass is 9.89. The Labute approximate surface area is 629 Å². The Morgan fingerprint density at radius 3 is 1.90 bits per heavy atom. The molecule has 0 aromatic heterocycles. The number of likely N-dealkylation sites (N-methyl/N-ethyl adjacent to an activating group) is 2. The molecule has 0 spiro atoms. The molecule has 2 aromatic carbocycles. The summed E-state index contributed by atoms with van der Waals surface area (Å²) in [6.07, 6.45) is -4.18. The smallest absolute Gasteiger partial charge is 0.312 e. The number of imide groups is 1. The van der Waals surface area contributed by atoms with Crippen LogP contribution < -0.4 is 48.3 Å². The van der Waals surface area contributed by atoms with E-state index in [9.17, 15) is 72.9 Å². The van der Waals surface area contributed by atoms with Gasteiger partial charge in [0.25, 0.3) is 17.7 Å². The first-order valence-corrected chi connectivity index (χ1v) is 37.4. The summed E-state index contributed by atoms with van der Waals surface area (Å²) in [5.74, 6) is -7.36. The summed E-state index contributed by atoms with van der Waals surface area (Å²) in [7, 11) is 8.36. The summed E-state index contributed by atoms with van der Waals surface area (Å²) in [5, 5.41) is 54.6. The number of hydrogen-bond acceptors (Lipinski definition) is 19. The van der Waals surface area contributed by atoms with E-state index in [1.54, 1.807) is 61.9 Å². The third-order valence-electron chi connectivity index (χ3n) is 20.3. The highest BCUT2D eigenvalue weighted by Gasteiger charge is 2.49. The van der Waals surface area contributed by atoms with Crippen molar-refractivity contribution in [2.24, 2.45) is 35.3 Å². The number of carbonyl (C=O) groups excluding carboxylic acids is 12. The van der Waals surface area contributed by atoms with Crippen LogP contribution in [0.3, 0.4) is 0 Å². The number of rotatable bonds is 43. The van der Waals surface area contributed by atoms with Gasteiger partial charge in [0.2, 0.25) is 47.3 Å². The van der Waals surface area contributed by atoms with Crippen molar-refractivity contribution in [3.05, 3.63) is 77.9 Å². The molecule has 0 radical (unpaired) electrons. The first-order chi connectivity index (χ1) is 50.6. The number of nitrogens with one attached hydrogen (secondary N) is 8. The minimum Gasteiger partial charge on any atom is -0.388 e. The van der Waals surface area contributed by atoms with Crippen LogP contribution in [0, 0.1) is 29.6 Å². The normalized spacial score (nSPS) is 20.8. The molecule has 2 saturated heterocycles. The third kappa shape index (κ3) is 26.1. The predicted molar refractivity (Wildman–Crippen MR) is 399 cm³/mol. The highest BCUT2D eigenvalue weighted by Crippen LogP contribution is 2.31. The average Bonchev–Trinajstić information content (AvgIpc) is 1.77. The molecule has 3 heterocycles. The minimum atomic E-state index is -1.97. The van der Waals surface area contributed by atoms with Gasteiger partial charge in [0, 0.05) is 84.7 Å². The van der Waals surface area contributed by atoms with Crippen molar-refractivity contribution in [1.29, 1.82) is 0 Å². The van der Waals surface area contributed by atoms with E-state index < -0.39 is 150 Å². The number of benzene rings is 2. The van der Waals surface area contributed by atoms with Gasteiger partial charge in [-0.2, -0.15) is 0 Å². The van der Waals surface area contributed by atoms with Crippen molar-refractivity contribution in [2.75, 3.05) is 73.4 Å². The standard InChI is InChI=1S/C76H119N13O18/c1-15-46(8)63(87(12)75(103)61(44(4)5)85-73(101)62(45(6)7)86(10)11)54(105-13)41-59(93)88-39-23-27-53(88)67(106-14)47(9)69(97)83-52(40-49-24-18-16-19-25-49)70(98)78-37-35-48-29-31-50(32-30-48)81-71(99)51(26-22-36-79-76(77)104)82-72(100)60(43(2)3)84-74(102)68-66(96)65(95)64(94)55(107-68)42-80-56(90)28-20-17-21-38-89-57(91)33-34-58(89)92/h16,18-19,24-25,29-34,43-47,51-55,60-68,94-96H,15,17,20-23,26-28,35-42H2,1-14H3,(H,78,98)(H,80,90)(H,81,99)(H,82,100)(H,83,97)(H,84,102)(H,85,101)(H3,77,79,104)/t46?,47?,51-,52-,53?,54?,55-,60?,61-,62?,63?,64-,65+,66-,67?,68?/m0/s1. The molecular weight excluding hydrogens is 1380 g/mol. The Hall–Kier alpha value is -8.46. The summed E-state index contributed by atoms with van der Waals surface area (Å²) in [6, 6.07) is 9.08. The second-order valence-electron chi connectivity index (χ2n) is 29.5. The topological polar surface area (TPSA) is 428 Å². The van der Waals surface area contributed by atoms with Gasteiger partial charge in [0.05, 0.1) is 42.7 Å². The maximum absolute atomic E-state index is 14.7. The summed E-state index contributed by atoms with van der Waals surface area (Å²) in [5.41, 5.74) is 7.15. The molecule has 0 saturated carbocycles. The molecule has 2 aromatic rings. The van der Waals surface area contributed by atoms with Crippen molar-refractivity contribution in [3.8, 4) is 0 Å². The third-order valence-corrected chi connectivity index (χ3v) is 20.3. The van der Waals surface area contributed by atoms with Crippen molar-refractivity contribution in [1.82, 2.24) is 56.8 Å². The number of urea groups is 1. The zero-order chi connectivity index (χ0) is 79.5.